The second kappa shape index (κ2) is 5.57. The third kappa shape index (κ3) is 3.45. The van der Waals surface area contributed by atoms with Crippen LogP contribution in [0.2, 0.25) is 5.02 Å². The predicted octanol–water partition coefficient (Wildman–Crippen LogP) is 1.92. The molecule has 4 nitrogen and oxygen atoms in total. The lowest BCUT2D eigenvalue weighted by atomic mass is 9.94. The minimum Gasteiger partial charge on any atom is -0.393 e. The SMILES string of the molecule is O=S(=O)(NC1CCCC(O)C1)c1cccc(Cl)c1. The fraction of sp³-hybridized carbons (Fsp3) is 0.500. The van der Waals surface area contributed by atoms with Crippen LogP contribution in [0, 0.1) is 0 Å². The van der Waals surface area contributed by atoms with Crippen LogP contribution in [0.15, 0.2) is 29.2 Å². The molecule has 1 aromatic carbocycles. The van der Waals surface area contributed by atoms with Crippen molar-refractivity contribution in [2.24, 2.45) is 0 Å². The van der Waals surface area contributed by atoms with E-state index in [0.717, 1.165) is 19.3 Å². The topological polar surface area (TPSA) is 66.4 Å². The van der Waals surface area contributed by atoms with Crippen LogP contribution in [0.25, 0.3) is 0 Å². The molecule has 1 fully saturated rings. The Labute approximate surface area is 112 Å². The van der Waals surface area contributed by atoms with E-state index in [1.165, 1.54) is 12.1 Å². The van der Waals surface area contributed by atoms with Crippen LogP contribution >= 0.6 is 11.6 Å². The van der Waals surface area contributed by atoms with Gasteiger partial charge < -0.3 is 5.11 Å². The normalized spacial score (nSPS) is 25.0. The molecule has 0 saturated heterocycles. The summed E-state index contributed by atoms with van der Waals surface area (Å²) in [6, 6.07) is 5.96. The van der Waals surface area contributed by atoms with E-state index < -0.39 is 16.1 Å². The quantitative estimate of drug-likeness (QED) is 0.893. The molecule has 2 rings (SSSR count). The van der Waals surface area contributed by atoms with Crippen LogP contribution in [0.4, 0.5) is 0 Å². The number of hydrogen-bond acceptors (Lipinski definition) is 3. The van der Waals surface area contributed by atoms with Crippen molar-refractivity contribution in [3.05, 3.63) is 29.3 Å². The maximum absolute atomic E-state index is 12.1. The van der Waals surface area contributed by atoms with E-state index in [1.807, 2.05) is 0 Å². The van der Waals surface area contributed by atoms with Crippen LogP contribution in [-0.2, 0) is 10.0 Å². The second-order valence-corrected chi connectivity index (χ2v) is 6.75. The van der Waals surface area contributed by atoms with Crippen molar-refractivity contribution in [3.8, 4) is 0 Å². The first kappa shape index (κ1) is 13.8. The lowest BCUT2D eigenvalue weighted by molar-refractivity contribution is 0.117. The molecule has 2 N–H and O–H groups in total. The molecule has 2 unspecified atom stereocenters. The summed E-state index contributed by atoms with van der Waals surface area (Å²) in [6.45, 7) is 0. The Hall–Kier alpha value is -0.620. The number of nitrogens with one attached hydrogen (secondary N) is 1. The lowest BCUT2D eigenvalue weighted by Gasteiger charge is -2.26. The van der Waals surface area contributed by atoms with Gasteiger partial charge in [-0.25, -0.2) is 13.1 Å². The number of rotatable bonds is 3. The van der Waals surface area contributed by atoms with E-state index in [-0.39, 0.29) is 10.9 Å². The third-order valence-electron chi connectivity index (χ3n) is 3.07. The molecule has 0 radical (unpaired) electrons. The van der Waals surface area contributed by atoms with Gasteiger partial charge in [0.2, 0.25) is 10.0 Å². The second-order valence-electron chi connectivity index (χ2n) is 4.60. The predicted molar refractivity (Wildman–Crippen MR) is 70.0 cm³/mol. The molecule has 2 atom stereocenters. The molecule has 1 aliphatic carbocycles. The lowest BCUT2D eigenvalue weighted by Crippen LogP contribution is -2.39. The smallest absolute Gasteiger partial charge is 0.240 e. The molecule has 0 bridgehead atoms. The Bertz CT molecular complexity index is 518. The van der Waals surface area contributed by atoms with Gasteiger partial charge in [0.1, 0.15) is 0 Å². The van der Waals surface area contributed by atoms with Gasteiger partial charge in [0.05, 0.1) is 11.0 Å². The van der Waals surface area contributed by atoms with E-state index in [2.05, 4.69) is 4.72 Å². The fourth-order valence-corrected chi connectivity index (χ4v) is 3.78. The van der Waals surface area contributed by atoms with Gasteiger partial charge in [-0.2, -0.15) is 0 Å². The molecule has 0 aromatic heterocycles. The standard InChI is InChI=1S/C12H16ClNO3S/c13-9-3-1-6-12(7-9)18(16,17)14-10-4-2-5-11(15)8-10/h1,3,6-7,10-11,14-15H,2,4-5,8H2. The van der Waals surface area contributed by atoms with E-state index in [0.29, 0.717) is 11.4 Å². The first-order valence-electron chi connectivity index (χ1n) is 5.93. The van der Waals surface area contributed by atoms with E-state index in [4.69, 9.17) is 11.6 Å². The van der Waals surface area contributed by atoms with Gasteiger partial charge in [-0.05, 0) is 43.9 Å². The third-order valence-corrected chi connectivity index (χ3v) is 4.83. The minimum absolute atomic E-state index is 0.162. The molecule has 18 heavy (non-hydrogen) atoms. The summed E-state index contributed by atoms with van der Waals surface area (Å²) in [7, 11) is -3.55. The van der Waals surface area contributed by atoms with E-state index in [9.17, 15) is 13.5 Å². The van der Waals surface area contributed by atoms with Crippen LogP contribution in [0.5, 0.6) is 0 Å². The van der Waals surface area contributed by atoms with Crippen LogP contribution < -0.4 is 4.72 Å². The number of benzene rings is 1. The van der Waals surface area contributed by atoms with E-state index >= 15 is 0 Å². The highest BCUT2D eigenvalue weighted by Gasteiger charge is 2.25. The van der Waals surface area contributed by atoms with Crippen molar-refractivity contribution in [2.45, 2.75) is 42.7 Å². The van der Waals surface area contributed by atoms with Crippen molar-refractivity contribution < 1.29 is 13.5 Å². The minimum atomic E-state index is -3.55. The summed E-state index contributed by atoms with van der Waals surface area (Å²) in [6.07, 6.45) is 2.40. The maximum Gasteiger partial charge on any atom is 0.240 e. The average Bonchev–Trinajstić information content (AvgIpc) is 2.28. The summed E-state index contributed by atoms with van der Waals surface area (Å²) in [5.41, 5.74) is 0. The Morgan fingerprint density at radius 3 is 2.78 bits per heavy atom. The summed E-state index contributed by atoms with van der Waals surface area (Å²) in [5.74, 6) is 0. The Morgan fingerprint density at radius 1 is 1.33 bits per heavy atom. The van der Waals surface area contributed by atoms with Crippen molar-refractivity contribution in [1.82, 2.24) is 4.72 Å². The molecule has 100 valence electrons. The molecule has 1 saturated carbocycles. The van der Waals surface area contributed by atoms with Gasteiger partial charge in [0.15, 0.2) is 0 Å². The van der Waals surface area contributed by atoms with Gasteiger partial charge >= 0.3 is 0 Å². The molecule has 6 heteroatoms. The molecule has 0 amide bonds. The van der Waals surface area contributed by atoms with Crippen LogP contribution in [-0.4, -0.2) is 25.7 Å². The highest BCUT2D eigenvalue weighted by molar-refractivity contribution is 7.89. The monoisotopic (exact) mass is 289 g/mol. The first-order chi connectivity index (χ1) is 8.47. The van der Waals surface area contributed by atoms with Gasteiger partial charge in [0.25, 0.3) is 0 Å². The Balaban J connectivity index is 2.12. The van der Waals surface area contributed by atoms with Crippen molar-refractivity contribution in [1.29, 1.82) is 0 Å². The van der Waals surface area contributed by atoms with E-state index in [1.54, 1.807) is 12.1 Å². The number of sulfonamides is 1. The zero-order chi connectivity index (χ0) is 13.2. The van der Waals surface area contributed by atoms with Crippen molar-refractivity contribution >= 4 is 21.6 Å². The highest BCUT2D eigenvalue weighted by atomic mass is 35.5. The summed E-state index contributed by atoms with van der Waals surface area (Å²) in [4.78, 5) is 0.162. The molecule has 0 heterocycles. The Kier molecular flexibility index (Phi) is 4.27. The largest absolute Gasteiger partial charge is 0.393 e. The van der Waals surface area contributed by atoms with Gasteiger partial charge in [0, 0.05) is 11.1 Å². The zero-order valence-electron chi connectivity index (χ0n) is 9.84. The molecular formula is C12H16ClNO3S. The van der Waals surface area contributed by atoms with Crippen LogP contribution in [0.1, 0.15) is 25.7 Å². The number of aliphatic hydroxyl groups is 1. The average molecular weight is 290 g/mol. The molecule has 0 spiro atoms. The molecule has 0 aliphatic heterocycles. The Morgan fingerprint density at radius 2 is 2.11 bits per heavy atom. The summed E-state index contributed by atoms with van der Waals surface area (Å²) < 4.78 is 26.8. The molecule has 1 aromatic rings. The fourth-order valence-electron chi connectivity index (χ4n) is 2.19. The summed E-state index contributed by atoms with van der Waals surface area (Å²) >= 11 is 5.78. The number of halogens is 1. The maximum atomic E-state index is 12.1. The van der Waals surface area contributed by atoms with Crippen molar-refractivity contribution in [2.75, 3.05) is 0 Å². The first-order valence-corrected chi connectivity index (χ1v) is 7.79. The molecular weight excluding hydrogens is 274 g/mol. The summed E-state index contributed by atoms with van der Waals surface area (Å²) in [5, 5.41) is 9.93. The van der Waals surface area contributed by atoms with Gasteiger partial charge in [-0.1, -0.05) is 17.7 Å². The molecule has 1 aliphatic rings. The number of hydrogen-bond donors (Lipinski definition) is 2. The van der Waals surface area contributed by atoms with Crippen LogP contribution in [0.3, 0.4) is 0 Å². The van der Waals surface area contributed by atoms with Crippen molar-refractivity contribution in [3.63, 3.8) is 0 Å². The number of aliphatic hydroxyl groups excluding tert-OH is 1. The van der Waals surface area contributed by atoms with Gasteiger partial charge in [-0.3, -0.25) is 0 Å². The highest BCUT2D eigenvalue weighted by Crippen LogP contribution is 2.21. The van der Waals surface area contributed by atoms with Gasteiger partial charge in [-0.15, -0.1) is 0 Å². The zero-order valence-corrected chi connectivity index (χ0v) is 11.4.